The fourth-order valence-corrected chi connectivity index (χ4v) is 4.83. The number of nitrogens with zero attached hydrogens (tertiary/aromatic N) is 5. The molecule has 1 aromatic carbocycles. The van der Waals surface area contributed by atoms with Crippen LogP contribution in [0.3, 0.4) is 0 Å². The van der Waals surface area contributed by atoms with E-state index in [0.29, 0.717) is 28.9 Å². The number of nitrogen functional groups attached to an aromatic ring is 1. The molecule has 2 atom stereocenters. The lowest BCUT2D eigenvalue weighted by molar-refractivity contribution is 0.0607. The molecule has 4 heterocycles. The smallest absolute Gasteiger partial charge is 0.256 e. The highest BCUT2D eigenvalue weighted by molar-refractivity contribution is 6.31. The number of carbonyl (C=O) groups is 1. The van der Waals surface area contributed by atoms with Gasteiger partial charge in [-0.1, -0.05) is 11.6 Å². The number of halogens is 1. The van der Waals surface area contributed by atoms with Crippen molar-refractivity contribution in [1.82, 2.24) is 19.5 Å². The van der Waals surface area contributed by atoms with Crippen LogP contribution in [0, 0.1) is 6.92 Å². The molecule has 7 nitrogen and oxygen atoms in total. The van der Waals surface area contributed by atoms with Crippen molar-refractivity contribution in [1.29, 1.82) is 0 Å². The quantitative estimate of drug-likeness (QED) is 0.618. The van der Waals surface area contributed by atoms with E-state index < -0.39 is 0 Å². The molecule has 2 fully saturated rings. The second kappa shape index (κ2) is 7.71. The highest BCUT2D eigenvalue weighted by Gasteiger charge is 2.32. The number of nitrogens with two attached hydrogens (primary N) is 1. The number of fused-ring (bicyclic) bond motifs is 1. The molecule has 0 spiro atoms. The second-order valence-corrected chi connectivity index (χ2v) is 9.13. The summed E-state index contributed by atoms with van der Waals surface area (Å²) in [6.45, 7) is 6.01. The molecule has 0 saturated carbocycles. The van der Waals surface area contributed by atoms with Gasteiger partial charge < -0.3 is 15.5 Å². The molecule has 2 aliphatic rings. The van der Waals surface area contributed by atoms with E-state index in [1.807, 2.05) is 21.7 Å². The lowest BCUT2D eigenvalue weighted by Crippen LogP contribution is -2.46. The first kappa shape index (κ1) is 20.1. The lowest BCUT2D eigenvalue weighted by Gasteiger charge is -2.40. The van der Waals surface area contributed by atoms with E-state index >= 15 is 0 Å². The van der Waals surface area contributed by atoms with Gasteiger partial charge in [-0.25, -0.2) is 9.50 Å². The number of aromatic nitrogens is 3. The fraction of sp³-hybridized carbons (Fsp3) is 0.435. The van der Waals surface area contributed by atoms with Crippen molar-refractivity contribution in [3.05, 3.63) is 52.3 Å². The number of hydrogen-bond donors (Lipinski definition) is 1. The van der Waals surface area contributed by atoms with Crippen molar-refractivity contribution >= 4 is 34.7 Å². The molecule has 3 aromatic rings. The summed E-state index contributed by atoms with van der Waals surface area (Å²) in [4.78, 5) is 22.5. The Morgan fingerprint density at radius 3 is 2.77 bits per heavy atom. The Bertz CT molecular complexity index is 1160. The van der Waals surface area contributed by atoms with Gasteiger partial charge in [0, 0.05) is 47.7 Å². The van der Waals surface area contributed by atoms with Crippen LogP contribution in [0.4, 0.5) is 11.5 Å². The Balaban J connectivity index is 1.50. The van der Waals surface area contributed by atoms with E-state index in [9.17, 15) is 4.79 Å². The van der Waals surface area contributed by atoms with Gasteiger partial charge in [0.05, 0.1) is 17.3 Å². The van der Waals surface area contributed by atoms with E-state index in [4.69, 9.17) is 27.4 Å². The highest BCUT2D eigenvalue weighted by Crippen LogP contribution is 2.34. The minimum Gasteiger partial charge on any atom is -0.398 e. The molecule has 5 rings (SSSR count). The summed E-state index contributed by atoms with van der Waals surface area (Å²) in [6.07, 6.45) is 6.12. The molecule has 2 unspecified atom stereocenters. The number of benzene rings is 1. The Morgan fingerprint density at radius 2 is 2.03 bits per heavy atom. The first-order chi connectivity index (χ1) is 14.9. The first-order valence-electron chi connectivity index (χ1n) is 10.9. The summed E-state index contributed by atoms with van der Waals surface area (Å²) >= 11 is 6.13. The number of carbonyl (C=O) groups excluding carboxylic acids is 1. The summed E-state index contributed by atoms with van der Waals surface area (Å²) in [7, 11) is 0. The van der Waals surface area contributed by atoms with Crippen molar-refractivity contribution in [2.45, 2.75) is 51.6 Å². The summed E-state index contributed by atoms with van der Waals surface area (Å²) in [6, 6.07) is 7.47. The molecule has 0 bridgehead atoms. The first-order valence-corrected chi connectivity index (χ1v) is 11.3. The van der Waals surface area contributed by atoms with Crippen LogP contribution in [-0.4, -0.2) is 44.5 Å². The Labute approximate surface area is 186 Å². The summed E-state index contributed by atoms with van der Waals surface area (Å²) in [5, 5.41) is 5.32. The largest absolute Gasteiger partial charge is 0.398 e. The van der Waals surface area contributed by atoms with Crippen LogP contribution in [0.15, 0.2) is 30.5 Å². The van der Waals surface area contributed by atoms with Crippen molar-refractivity contribution < 1.29 is 4.79 Å². The Morgan fingerprint density at radius 1 is 1.19 bits per heavy atom. The molecule has 0 radical (unpaired) electrons. The molecule has 2 aromatic heterocycles. The van der Waals surface area contributed by atoms with E-state index in [1.165, 1.54) is 6.42 Å². The van der Waals surface area contributed by atoms with Gasteiger partial charge in [0.1, 0.15) is 5.82 Å². The van der Waals surface area contributed by atoms with E-state index in [0.717, 1.165) is 48.5 Å². The van der Waals surface area contributed by atoms with Gasteiger partial charge in [-0.05, 0) is 57.7 Å². The number of piperidine rings is 1. The van der Waals surface area contributed by atoms with Gasteiger partial charge in [0.15, 0.2) is 5.65 Å². The highest BCUT2D eigenvalue weighted by atomic mass is 35.5. The Kier molecular flexibility index (Phi) is 5.01. The maximum atomic E-state index is 13.4. The molecule has 31 heavy (non-hydrogen) atoms. The van der Waals surface area contributed by atoms with Gasteiger partial charge in [0.25, 0.3) is 5.91 Å². The molecule has 8 heteroatoms. The van der Waals surface area contributed by atoms with E-state index in [1.54, 1.807) is 18.2 Å². The number of anilines is 2. The number of rotatable bonds is 3. The number of hydrogen-bond acceptors (Lipinski definition) is 5. The normalized spacial score (nSPS) is 21.4. The predicted octanol–water partition coefficient (Wildman–Crippen LogP) is 4.24. The molecule has 0 aliphatic carbocycles. The molecule has 2 aliphatic heterocycles. The Hall–Kier alpha value is -2.80. The van der Waals surface area contributed by atoms with Crippen LogP contribution in [0.1, 0.15) is 60.3 Å². The van der Waals surface area contributed by atoms with Gasteiger partial charge in [-0.3, -0.25) is 4.79 Å². The lowest BCUT2D eigenvalue weighted by atomic mass is 9.98. The second-order valence-electron chi connectivity index (χ2n) is 8.69. The van der Waals surface area contributed by atoms with Crippen molar-refractivity contribution in [2.75, 3.05) is 23.7 Å². The zero-order chi connectivity index (χ0) is 21.7. The zero-order valence-electron chi connectivity index (χ0n) is 17.9. The molecular weight excluding hydrogens is 412 g/mol. The average molecular weight is 439 g/mol. The standard InChI is InChI=1S/C23H27ClN6O/c1-14-13-30-21(26-22(14)28-10-8-15(28)2)12-19(27-30)20-5-3-4-9-29(20)23(31)17-11-16(24)6-7-18(17)25/h6-7,11-13,15,20H,3-5,8-10,25H2,1-2H3. The van der Waals surface area contributed by atoms with Gasteiger partial charge in [-0.15, -0.1) is 0 Å². The van der Waals surface area contributed by atoms with Crippen LogP contribution < -0.4 is 10.6 Å². The third-order valence-corrected chi connectivity index (χ3v) is 6.80. The maximum Gasteiger partial charge on any atom is 0.256 e. The van der Waals surface area contributed by atoms with Crippen LogP contribution >= 0.6 is 11.6 Å². The van der Waals surface area contributed by atoms with E-state index in [-0.39, 0.29) is 11.9 Å². The van der Waals surface area contributed by atoms with Crippen molar-refractivity contribution in [3.63, 3.8) is 0 Å². The summed E-state index contributed by atoms with van der Waals surface area (Å²) < 4.78 is 1.84. The van der Waals surface area contributed by atoms with Crippen LogP contribution in [-0.2, 0) is 0 Å². The third kappa shape index (κ3) is 3.51. The summed E-state index contributed by atoms with van der Waals surface area (Å²) in [5.74, 6) is 0.932. The molecular formula is C23H27ClN6O. The van der Waals surface area contributed by atoms with Gasteiger partial charge >= 0.3 is 0 Å². The fourth-order valence-electron chi connectivity index (χ4n) is 4.65. The minimum absolute atomic E-state index is 0.0963. The number of aryl methyl sites for hydroxylation is 1. The number of likely N-dealkylation sites (tertiary alicyclic amines) is 1. The molecule has 2 saturated heterocycles. The number of amides is 1. The average Bonchev–Trinajstić information content (AvgIpc) is 3.16. The third-order valence-electron chi connectivity index (χ3n) is 6.57. The zero-order valence-corrected chi connectivity index (χ0v) is 18.6. The van der Waals surface area contributed by atoms with Crippen LogP contribution in [0.2, 0.25) is 5.02 Å². The monoisotopic (exact) mass is 438 g/mol. The predicted molar refractivity (Wildman–Crippen MR) is 123 cm³/mol. The molecule has 162 valence electrons. The molecule has 2 N–H and O–H groups in total. The topological polar surface area (TPSA) is 79.8 Å². The van der Waals surface area contributed by atoms with Crippen molar-refractivity contribution in [2.24, 2.45) is 0 Å². The SMILES string of the molecule is Cc1cn2nc(C3CCCCN3C(=O)c3cc(Cl)ccc3N)cc2nc1N1CCC1C. The van der Waals surface area contributed by atoms with Crippen LogP contribution in [0.25, 0.3) is 5.65 Å². The van der Waals surface area contributed by atoms with Crippen molar-refractivity contribution in [3.8, 4) is 0 Å². The van der Waals surface area contributed by atoms with Gasteiger partial charge in [0.2, 0.25) is 0 Å². The molecule has 1 amide bonds. The minimum atomic E-state index is -0.104. The summed E-state index contributed by atoms with van der Waals surface area (Å²) in [5.41, 5.74) is 9.78. The van der Waals surface area contributed by atoms with Crippen LogP contribution in [0.5, 0.6) is 0 Å². The maximum absolute atomic E-state index is 13.4. The van der Waals surface area contributed by atoms with Gasteiger partial charge in [-0.2, -0.15) is 5.10 Å². The van der Waals surface area contributed by atoms with E-state index in [2.05, 4.69) is 18.7 Å².